The normalized spacial score (nSPS) is 10.4. The van der Waals surface area contributed by atoms with Gasteiger partial charge in [-0.15, -0.1) is 0 Å². The Hall–Kier alpha value is -3.49. The van der Waals surface area contributed by atoms with E-state index in [1.54, 1.807) is 0 Å². The molecule has 2 rings (SSSR count). The molecule has 0 unspecified atom stereocenters. The molecule has 0 atom stereocenters. The highest BCUT2D eigenvalue weighted by atomic mass is 16.4. The Bertz CT molecular complexity index is 908. The molecular formula is C16H16N4O5. The largest absolute Gasteiger partial charge is 0.478 e. The van der Waals surface area contributed by atoms with Crippen LogP contribution in [0, 0.1) is 13.8 Å². The van der Waals surface area contributed by atoms with Gasteiger partial charge in [0, 0.05) is 12.6 Å². The molecule has 9 heteroatoms. The molecule has 2 aromatic rings. The van der Waals surface area contributed by atoms with Crippen molar-refractivity contribution in [1.29, 1.82) is 0 Å². The second kappa shape index (κ2) is 6.56. The fourth-order valence-corrected chi connectivity index (χ4v) is 2.53. The maximum atomic E-state index is 11.8. The monoisotopic (exact) mass is 344 g/mol. The van der Waals surface area contributed by atoms with Gasteiger partial charge in [-0.25, -0.2) is 19.6 Å². The molecule has 5 N–H and O–H groups in total. The van der Waals surface area contributed by atoms with Crippen molar-refractivity contribution < 1.29 is 24.6 Å². The zero-order chi connectivity index (χ0) is 18.9. The number of aromatic nitrogens is 2. The molecule has 1 heterocycles. The Morgan fingerprint density at radius 1 is 1.12 bits per heavy atom. The molecule has 0 saturated heterocycles. The summed E-state index contributed by atoms with van der Waals surface area (Å²) in [5, 5.41) is 21.2. The second-order valence-electron chi connectivity index (χ2n) is 5.28. The number of carboxylic acids is 2. The van der Waals surface area contributed by atoms with Crippen LogP contribution in [0.25, 0.3) is 11.3 Å². The lowest BCUT2D eigenvalue weighted by molar-refractivity contribution is 0.0695. The Labute approximate surface area is 142 Å². The van der Waals surface area contributed by atoms with Crippen LogP contribution in [-0.4, -0.2) is 45.1 Å². The van der Waals surface area contributed by atoms with Crippen molar-refractivity contribution in [3.63, 3.8) is 0 Å². The zero-order valence-corrected chi connectivity index (χ0v) is 13.7. The first kappa shape index (κ1) is 17.9. The van der Waals surface area contributed by atoms with Gasteiger partial charge in [-0.2, -0.15) is 0 Å². The fraction of sp³-hybridized carbons (Fsp3) is 0.188. The molecule has 1 aromatic carbocycles. The van der Waals surface area contributed by atoms with Crippen LogP contribution in [0.3, 0.4) is 0 Å². The van der Waals surface area contributed by atoms with Gasteiger partial charge >= 0.3 is 11.9 Å². The lowest BCUT2D eigenvalue weighted by Crippen LogP contribution is -2.22. The van der Waals surface area contributed by atoms with Gasteiger partial charge < -0.3 is 21.3 Å². The predicted octanol–water partition coefficient (Wildman–Crippen LogP) is 1.10. The second-order valence-corrected chi connectivity index (χ2v) is 5.28. The van der Waals surface area contributed by atoms with Crippen molar-refractivity contribution in [3.8, 4) is 11.3 Å². The minimum Gasteiger partial charge on any atom is -0.478 e. The highest BCUT2D eigenvalue weighted by Crippen LogP contribution is 2.30. The van der Waals surface area contributed by atoms with Crippen LogP contribution in [0.2, 0.25) is 0 Å². The molecule has 0 aliphatic rings. The molecule has 130 valence electrons. The molecule has 25 heavy (non-hydrogen) atoms. The van der Waals surface area contributed by atoms with Crippen molar-refractivity contribution in [2.45, 2.75) is 13.8 Å². The third kappa shape index (κ3) is 3.11. The van der Waals surface area contributed by atoms with Crippen LogP contribution >= 0.6 is 0 Å². The highest BCUT2D eigenvalue weighted by Gasteiger charge is 2.23. The predicted molar refractivity (Wildman–Crippen MR) is 88.7 cm³/mol. The van der Waals surface area contributed by atoms with E-state index in [0.717, 1.165) is 0 Å². The summed E-state index contributed by atoms with van der Waals surface area (Å²) < 4.78 is 0. The van der Waals surface area contributed by atoms with E-state index in [-0.39, 0.29) is 39.5 Å². The van der Waals surface area contributed by atoms with Crippen molar-refractivity contribution in [2.75, 3.05) is 12.8 Å². The smallest absolute Gasteiger partial charge is 0.336 e. The zero-order valence-electron chi connectivity index (χ0n) is 13.7. The number of rotatable bonds is 4. The van der Waals surface area contributed by atoms with E-state index >= 15 is 0 Å². The number of nitrogen functional groups attached to an aromatic ring is 1. The molecule has 0 bridgehead atoms. The van der Waals surface area contributed by atoms with Crippen LogP contribution in [0.15, 0.2) is 12.3 Å². The number of nitrogens with zero attached hydrogens (tertiary/aromatic N) is 2. The van der Waals surface area contributed by atoms with E-state index in [9.17, 15) is 24.6 Å². The van der Waals surface area contributed by atoms with E-state index < -0.39 is 17.8 Å². The van der Waals surface area contributed by atoms with Gasteiger partial charge in [0.25, 0.3) is 5.91 Å². The van der Waals surface area contributed by atoms with Gasteiger partial charge in [0.2, 0.25) is 0 Å². The molecule has 9 nitrogen and oxygen atoms in total. The van der Waals surface area contributed by atoms with Crippen LogP contribution in [0.5, 0.6) is 0 Å². The van der Waals surface area contributed by atoms with Gasteiger partial charge in [-0.05, 0) is 31.0 Å². The van der Waals surface area contributed by atoms with E-state index in [1.165, 1.54) is 33.2 Å². The maximum Gasteiger partial charge on any atom is 0.336 e. The summed E-state index contributed by atoms with van der Waals surface area (Å²) in [7, 11) is 1.40. The summed E-state index contributed by atoms with van der Waals surface area (Å²) in [5.41, 5.74) is 6.06. The Kier molecular flexibility index (Phi) is 4.68. The Morgan fingerprint density at radius 3 is 2.28 bits per heavy atom. The van der Waals surface area contributed by atoms with Gasteiger partial charge in [-0.1, -0.05) is 0 Å². The van der Waals surface area contributed by atoms with Crippen LogP contribution in [-0.2, 0) is 0 Å². The fourth-order valence-electron chi connectivity index (χ4n) is 2.53. The van der Waals surface area contributed by atoms with Crippen LogP contribution < -0.4 is 11.1 Å². The summed E-state index contributed by atoms with van der Waals surface area (Å²) in [6.07, 6.45) is 1.26. The lowest BCUT2D eigenvalue weighted by atomic mass is 9.91. The Balaban J connectivity index is 2.82. The molecule has 0 radical (unpaired) electrons. The van der Waals surface area contributed by atoms with E-state index in [1.807, 2.05) is 0 Å². The number of nitrogens with one attached hydrogen (secondary N) is 1. The minimum absolute atomic E-state index is 0.0928. The number of nitrogens with two attached hydrogens (primary N) is 1. The summed E-state index contributed by atoms with van der Waals surface area (Å²) in [6.45, 7) is 2.96. The summed E-state index contributed by atoms with van der Waals surface area (Å²) in [4.78, 5) is 42.9. The first-order valence-corrected chi connectivity index (χ1v) is 7.14. The number of aromatic carboxylic acids is 2. The van der Waals surface area contributed by atoms with E-state index in [4.69, 9.17) is 5.73 Å². The number of hydrogen-bond acceptors (Lipinski definition) is 6. The molecule has 0 aliphatic carbocycles. The first-order chi connectivity index (χ1) is 11.7. The number of anilines is 1. The van der Waals surface area contributed by atoms with Crippen molar-refractivity contribution in [2.24, 2.45) is 0 Å². The SMILES string of the molecule is CNC(=O)c1nc(-c2cc(C(=O)O)c(C)c(C(=O)O)c2C)cnc1N. The topological polar surface area (TPSA) is 156 Å². The minimum atomic E-state index is -1.27. The summed E-state index contributed by atoms with van der Waals surface area (Å²) in [6, 6.07) is 1.31. The van der Waals surface area contributed by atoms with Crippen molar-refractivity contribution >= 4 is 23.7 Å². The number of carbonyl (C=O) groups is 3. The molecule has 0 aliphatic heterocycles. The lowest BCUT2D eigenvalue weighted by Gasteiger charge is -2.14. The first-order valence-electron chi connectivity index (χ1n) is 7.14. The average Bonchev–Trinajstić information content (AvgIpc) is 2.54. The average molecular weight is 344 g/mol. The van der Waals surface area contributed by atoms with Crippen LogP contribution in [0.1, 0.15) is 42.3 Å². The third-order valence-electron chi connectivity index (χ3n) is 3.81. The third-order valence-corrected chi connectivity index (χ3v) is 3.81. The number of carbonyl (C=O) groups excluding carboxylic acids is 1. The van der Waals surface area contributed by atoms with Gasteiger partial charge in [-0.3, -0.25) is 4.79 Å². The highest BCUT2D eigenvalue weighted by molar-refractivity contribution is 6.01. The van der Waals surface area contributed by atoms with Gasteiger partial charge in [0.1, 0.15) is 0 Å². The van der Waals surface area contributed by atoms with Crippen LogP contribution in [0.4, 0.5) is 5.82 Å². The van der Waals surface area contributed by atoms with Crippen molar-refractivity contribution in [1.82, 2.24) is 15.3 Å². The van der Waals surface area contributed by atoms with E-state index in [0.29, 0.717) is 5.56 Å². The number of carboxylic acid groups (broad SMARTS) is 2. The van der Waals surface area contributed by atoms with Gasteiger partial charge in [0.15, 0.2) is 11.5 Å². The maximum absolute atomic E-state index is 11.8. The molecule has 0 saturated carbocycles. The quantitative estimate of drug-likeness (QED) is 0.642. The molecular weight excluding hydrogens is 328 g/mol. The molecule has 0 spiro atoms. The summed E-state index contributed by atoms with van der Waals surface area (Å²) >= 11 is 0. The van der Waals surface area contributed by atoms with E-state index in [2.05, 4.69) is 15.3 Å². The molecule has 1 aromatic heterocycles. The molecule has 1 amide bonds. The van der Waals surface area contributed by atoms with Crippen molar-refractivity contribution in [3.05, 3.63) is 40.2 Å². The number of benzene rings is 1. The number of hydrogen-bond donors (Lipinski definition) is 4. The number of amides is 1. The standard InChI is InChI=1S/C16H16N4O5/c1-6-8(4-9(15(22)23)7(2)11(6)16(24)25)10-5-19-13(17)12(20-10)14(21)18-3/h4-5H,1-3H3,(H2,17,19)(H,18,21)(H,22,23)(H,24,25). The molecule has 0 fully saturated rings. The van der Waals surface area contributed by atoms with Gasteiger partial charge in [0.05, 0.1) is 23.0 Å². The Morgan fingerprint density at radius 2 is 1.76 bits per heavy atom. The summed E-state index contributed by atoms with van der Waals surface area (Å²) in [5.74, 6) is -3.18.